The van der Waals surface area contributed by atoms with Crippen molar-refractivity contribution in [3.8, 4) is 5.75 Å². The molecule has 0 spiro atoms. The maximum atomic E-state index is 9.75. The Labute approximate surface area is 95.5 Å². The Kier molecular flexibility index (Phi) is 4.43. The van der Waals surface area contributed by atoms with Gasteiger partial charge in [-0.05, 0) is 42.0 Å². The van der Waals surface area contributed by atoms with E-state index in [0.29, 0.717) is 23.8 Å². The Morgan fingerprint density at radius 2 is 2.00 bits per heavy atom. The zero-order valence-corrected chi connectivity index (χ0v) is 9.88. The van der Waals surface area contributed by atoms with Gasteiger partial charge in [0.05, 0.1) is 0 Å². The second-order valence-electron chi connectivity index (χ2n) is 3.98. The first kappa shape index (κ1) is 12.3. The Morgan fingerprint density at radius 1 is 1.33 bits per heavy atom. The Bertz CT molecular complexity index is 335. The summed E-state index contributed by atoms with van der Waals surface area (Å²) < 4.78 is 0. The molecule has 84 valence electrons. The predicted molar refractivity (Wildman–Crippen MR) is 62.6 cm³/mol. The third kappa shape index (κ3) is 3.11. The number of aromatic hydroxyl groups is 1. The van der Waals surface area contributed by atoms with Crippen molar-refractivity contribution >= 4 is 11.6 Å². The highest BCUT2D eigenvalue weighted by Gasteiger charge is 2.10. The van der Waals surface area contributed by atoms with Gasteiger partial charge in [-0.3, -0.25) is 0 Å². The quantitative estimate of drug-likeness (QED) is 0.832. The molecule has 0 heterocycles. The number of benzene rings is 1. The summed E-state index contributed by atoms with van der Waals surface area (Å²) in [7, 11) is 0. The first-order valence-corrected chi connectivity index (χ1v) is 5.56. The van der Waals surface area contributed by atoms with Gasteiger partial charge in [0.1, 0.15) is 5.75 Å². The lowest BCUT2D eigenvalue weighted by atomic mass is 9.99. The summed E-state index contributed by atoms with van der Waals surface area (Å²) in [6, 6.07) is 3.52. The van der Waals surface area contributed by atoms with Crippen molar-refractivity contribution < 1.29 is 10.2 Å². The summed E-state index contributed by atoms with van der Waals surface area (Å²) in [5.74, 6) is 0.576. The molecule has 0 aromatic heterocycles. The third-order valence-electron chi connectivity index (χ3n) is 2.42. The lowest BCUT2D eigenvalue weighted by Gasteiger charge is -2.12. The SMILES string of the molecule is CC(C)c1cc(O)c(CCCO)cc1Cl. The number of aliphatic hydroxyl groups is 1. The summed E-state index contributed by atoms with van der Waals surface area (Å²) >= 11 is 6.10. The van der Waals surface area contributed by atoms with Gasteiger partial charge >= 0.3 is 0 Å². The van der Waals surface area contributed by atoms with E-state index in [1.165, 1.54) is 0 Å². The van der Waals surface area contributed by atoms with Gasteiger partial charge in [-0.25, -0.2) is 0 Å². The zero-order chi connectivity index (χ0) is 11.4. The van der Waals surface area contributed by atoms with E-state index in [2.05, 4.69) is 0 Å². The monoisotopic (exact) mass is 228 g/mol. The van der Waals surface area contributed by atoms with Crippen molar-refractivity contribution in [3.05, 3.63) is 28.3 Å². The minimum absolute atomic E-state index is 0.128. The molecule has 0 bridgehead atoms. The molecule has 15 heavy (non-hydrogen) atoms. The van der Waals surface area contributed by atoms with Gasteiger partial charge in [0.15, 0.2) is 0 Å². The zero-order valence-electron chi connectivity index (χ0n) is 9.13. The smallest absolute Gasteiger partial charge is 0.119 e. The lowest BCUT2D eigenvalue weighted by Crippen LogP contribution is -1.94. The second-order valence-corrected chi connectivity index (χ2v) is 4.39. The first-order valence-electron chi connectivity index (χ1n) is 5.18. The highest BCUT2D eigenvalue weighted by atomic mass is 35.5. The molecule has 0 aliphatic carbocycles. The van der Waals surface area contributed by atoms with Gasteiger partial charge in [0.25, 0.3) is 0 Å². The van der Waals surface area contributed by atoms with Crippen LogP contribution in [0.3, 0.4) is 0 Å². The molecule has 0 radical (unpaired) electrons. The van der Waals surface area contributed by atoms with Crippen LogP contribution in [0.1, 0.15) is 37.3 Å². The van der Waals surface area contributed by atoms with Crippen LogP contribution in [0.4, 0.5) is 0 Å². The molecule has 0 amide bonds. The number of rotatable bonds is 4. The van der Waals surface area contributed by atoms with E-state index in [9.17, 15) is 5.11 Å². The summed E-state index contributed by atoms with van der Waals surface area (Å²) in [5, 5.41) is 19.2. The Balaban J connectivity index is 2.97. The van der Waals surface area contributed by atoms with Crippen LogP contribution in [0, 0.1) is 0 Å². The van der Waals surface area contributed by atoms with Gasteiger partial charge in [-0.15, -0.1) is 0 Å². The van der Waals surface area contributed by atoms with Crippen LogP contribution in [0.15, 0.2) is 12.1 Å². The normalized spacial score (nSPS) is 11.0. The fraction of sp³-hybridized carbons (Fsp3) is 0.500. The van der Waals surface area contributed by atoms with E-state index in [1.807, 2.05) is 13.8 Å². The van der Waals surface area contributed by atoms with E-state index in [4.69, 9.17) is 16.7 Å². The molecule has 0 atom stereocenters. The Morgan fingerprint density at radius 3 is 2.53 bits per heavy atom. The highest BCUT2D eigenvalue weighted by molar-refractivity contribution is 6.31. The van der Waals surface area contributed by atoms with Crippen molar-refractivity contribution in [1.82, 2.24) is 0 Å². The maximum Gasteiger partial charge on any atom is 0.119 e. The number of phenolic OH excluding ortho intramolecular Hbond substituents is 1. The van der Waals surface area contributed by atoms with Crippen molar-refractivity contribution in [2.75, 3.05) is 6.61 Å². The molecule has 0 aliphatic rings. The fourth-order valence-corrected chi connectivity index (χ4v) is 1.94. The van der Waals surface area contributed by atoms with E-state index in [1.54, 1.807) is 12.1 Å². The topological polar surface area (TPSA) is 40.5 Å². The Hall–Kier alpha value is -0.730. The summed E-state index contributed by atoms with van der Waals surface area (Å²) in [4.78, 5) is 0. The summed E-state index contributed by atoms with van der Waals surface area (Å²) in [6.45, 7) is 4.20. The molecule has 1 rings (SSSR count). The number of hydrogen-bond donors (Lipinski definition) is 2. The van der Waals surface area contributed by atoms with Crippen LogP contribution in [0.25, 0.3) is 0 Å². The number of phenols is 1. The van der Waals surface area contributed by atoms with Crippen LogP contribution < -0.4 is 0 Å². The highest BCUT2D eigenvalue weighted by Crippen LogP contribution is 2.31. The molecule has 0 fully saturated rings. The van der Waals surface area contributed by atoms with Crippen LogP contribution in [-0.2, 0) is 6.42 Å². The summed E-state index contributed by atoms with van der Waals surface area (Å²) in [6.07, 6.45) is 1.30. The number of aryl methyl sites for hydroxylation is 1. The molecule has 0 aliphatic heterocycles. The first-order chi connectivity index (χ1) is 7.06. The predicted octanol–water partition coefficient (Wildman–Crippen LogP) is 3.09. The van der Waals surface area contributed by atoms with Gasteiger partial charge < -0.3 is 10.2 Å². The molecule has 1 aromatic carbocycles. The van der Waals surface area contributed by atoms with Gasteiger partial charge in [-0.2, -0.15) is 0 Å². The average molecular weight is 229 g/mol. The minimum atomic E-state index is 0.128. The molecule has 3 heteroatoms. The van der Waals surface area contributed by atoms with Crippen molar-refractivity contribution in [2.45, 2.75) is 32.6 Å². The van der Waals surface area contributed by atoms with Gasteiger partial charge in [0, 0.05) is 11.6 Å². The second kappa shape index (κ2) is 5.38. The van der Waals surface area contributed by atoms with E-state index in [0.717, 1.165) is 11.1 Å². The van der Waals surface area contributed by atoms with Gasteiger partial charge in [0.2, 0.25) is 0 Å². The molecule has 2 nitrogen and oxygen atoms in total. The third-order valence-corrected chi connectivity index (χ3v) is 2.75. The van der Waals surface area contributed by atoms with Crippen LogP contribution in [0.2, 0.25) is 5.02 Å². The molecule has 1 aromatic rings. The number of hydrogen-bond acceptors (Lipinski definition) is 2. The largest absolute Gasteiger partial charge is 0.508 e. The van der Waals surface area contributed by atoms with Crippen LogP contribution in [-0.4, -0.2) is 16.8 Å². The van der Waals surface area contributed by atoms with Gasteiger partial charge in [-0.1, -0.05) is 25.4 Å². The number of aliphatic hydroxyl groups excluding tert-OH is 1. The lowest BCUT2D eigenvalue weighted by molar-refractivity contribution is 0.288. The minimum Gasteiger partial charge on any atom is -0.508 e. The van der Waals surface area contributed by atoms with E-state index in [-0.39, 0.29) is 12.4 Å². The maximum absolute atomic E-state index is 9.75. The molecular formula is C12H17ClO2. The average Bonchev–Trinajstić information content (AvgIpc) is 2.18. The summed E-state index contributed by atoms with van der Waals surface area (Å²) in [5.41, 5.74) is 1.76. The van der Waals surface area contributed by atoms with Crippen LogP contribution in [0.5, 0.6) is 5.75 Å². The molecule has 0 unspecified atom stereocenters. The number of halogens is 1. The molecule has 0 saturated carbocycles. The van der Waals surface area contributed by atoms with E-state index >= 15 is 0 Å². The van der Waals surface area contributed by atoms with Crippen molar-refractivity contribution in [1.29, 1.82) is 0 Å². The fourth-order valence-electron chi connectivity index (χ4n) is 1.53. The molecule has 0 saturated heterocycles. The van der Waals surface area contributed by atoms with Crippen molar-refractivity contribution in [2.24, 2.45) is 0 Å². The van der Waals surface area contributed by atoms with Crippen LogP contribution >= 0.6 is 11.6 Å². The van der Waals surface area contributed by atoms with E-state index < -0.39 is 0 Å². The molecular weight excluding hydrogens is 212 g/mol. The van der Waals surface area contributed by atoms with Crippen molar-refractivity contribution in [3.63, 3.8) is 0 Å². The standard InChI is InChI=1S/C12H17ClO2/c1-8(2)10-7-12(15)9(4-3-5-14)6-11(10)13/h6-8,14-15H,3-5H2,1-2H3. The molecule has 2 N–H and O–H groups in total.